The number of rotatable bonds is 6. The number of fused-ring (bicyclic) bond motifs is 2. The zero-order valence-corrected chi connectivity index (χ0v) is 26.9. The molecule has 0 spiro atoms. The van der Waals surface area contributed by atoms with Gasteiger partial charge in [0.05, 0.1) is 13.0 Å². The Bertz CT molecular complexity index is 2050. The number of carbonyl (C=O) groups is 1. The molecule has 0 saturated carbocycles. The Morgan fingerprint density at radius 3 is 1.96 bits per heavy atom. The molecule has 3 aliphatic heterocycles. The minimum absolute atomic E-state index is 0.0585. The molecule has 274 valence electrons. The van der Waals surface area contributed by atoms with Crippen molar-refractivity contribution in [1.29, 1.82) is 0 Å². The number of hydrogen-bond donors (Lipinski definition) is 11. The highest BCUT2D eigenvalue weighted by molar-refractivity contribution is 6.03. The highest BCUT2D eigenvalue weighted by Crippen LogP contribution is 2.57. The third-order valence-electron chi connectivity index (χ3n) is 9.53. The third kappa shape index (κ3) is 5.95. The van der Waals surface area contributed by atoms with Crippen LogP contribution in [0.4, 0.5) is 0 Å². The fraction of sp³-hybridized carbons (Fsp3) is 0.306. The Morgan fingerprint density at radius 2 is 1.33 bits per heavy atom. The molecular weight excluding hydrogens is 688 g/mol. The number of Topliss-reactive ketones (excluding diaryl/α,β-unsaturated/α-hetero) is 1. The molecule has 0 aliphatic carbocycles. The molecule has 0 bridgehead atoms. The molecule has 1 saturated heterocycles. The van der Waals surface area contributed by atoms with Crippen molar-refractivity contribution in [2.24, 2.45) is 0 Å². The minimum Gasteiger partial charge on any atom is -0.508 e. The van der Waals surface area contributed by atoms with Crippen molar-refractivity contribution in [3.05, 3.63) is 82.4 Å². The van der Waals surface area contributed by atoms with Gasteiger partial charge in [-0.1, -0.05) is 12.1 Å². The lowest BCUT2D eigenvalue weighted by atomic mass is 9.79. The van der Waals surface area contributed by atoms with E-state index < -0.39 is 101 Å². The maximum atomic E-state index is 13.6. The van der Waals surface area contributed by atoms with Gasteiger partial charge in [0.25, 0.3) is 0 Å². The van der Waals surface area contributed by atoms with Crippen molar-refractivity contribution in [1.82, 2.24) is 0 Å². The smallest absolute Gasteiger partial charge is 0.229 e. The number of aliphatic hydroxyl groups is 4. The Hall–Kier alpha value is -5.65. The van der Waals surface area contributed by atoms with Crippen LogP contribution in [-0.4, -0.2) is 99.3 Å². The average molecular weight is 723 g/mol. The second kappa shape index (κ2) is 13.2. The monoisotopic (exact) mass is 722 g/mol. The van der Waals surface area contributed by atoms with Crippen LogP contribution >= 0.6 is 0 Å². The Labute approximate surface area is 293 Å². The summed E-state index contributed by atoms with van der Waals surface area (Å²) in [7, 11) is 0. The van der Waals surface area contributed by atoms with Gasteiger partial charge in [-0.2, -0.15) is 0 Å². The summed E-state index contributed by atoms with van der Waals surface area (Å²) in [5.41, 5.74) is 0.388. The van der Waals surface area contributed by atoms with Crippen LogP contribution in [0, 0.1) is 0 Å². The molecule has 0 amide bonds. The van der Waals surface area contributed by atoms with Crippen LogP contribution in [0.1, 0.15) is 63.6 Å². The number of ketones is 1. The summed E-state index contributed by atoms with van der Waals surface area (Å²) < 4.78 is 24.1. The molecule has 0 aromatic heterocycles. The summed E-state index contributed by atoms with van der Waals surface area (Å²) in [5.74, 6) is -5.56. The standard InChI is InChI=1S/C36H34O16/c37-12-28-32(46)33(47)34(48)36(52-28)51-27-8-15(38)7-26-30(27)16(9-24(49-26)13-1-3-17(39)19(41)5-13)29-21(43)10-22(44)31-23(45)11-25(50-35(29)31)14-2-4-18(40)20(42)6-14/h1-8,10,16,24-25,28,32-34,36-44,46-48H,9,11-12H2/t16-,24-,25+,28-,32-,33+,34-,36-/m1/s1. The second-order valence-corrected chi connectivity index (χ2v) is 12.8. The van der Waals surface area contributed by atoms with E-state index >= 15 is 0 Å². The van der Waals surface area contributed by atoms with Gasteiger partial charge in [0.2, 0.25) is 6.29 Å². The van der Waals surface area contributed by atoms with E-state index in [1.165, 1.54) is 42.5 Å². The van der Waals surface area contributed by atoms with E-state index in [1.807, 2.05) is 0 Å². The lowest BCUT2D eigenvalue weighted by Gasteiger charge is -2.41. The summed E-state index contributed by atoms with van der Waals surface area (Å²) in [4.78, 5) is 13.6. The molecular formula is C36H34O16. The highest BCUT2D eigenvalue weighted by Gasteiger charge is 2.46. The van der Waals surface area contributed by atoms with Gasteiger partial charge in [-0.05, 0) is 35.4 Å². The number of benzene rings is 4. The predicted octanol–water partition coefficient (Wildman–Crippen LogP) is 2.17. The lowest BCUT2D eigenvalue weighted by molar-refractivity contribution is -0.277. The number of aromatic hydroxyl groups is 7. The molecule has 52 heavy (non-hydrogen) atoms. The van der Waals surface area contributed by atoms with Gasteiger partial charge in [0.15, 0.2) is 28.8 Å². The van der Waals surface area contributed by atoms with Gasteiger partial charge < -0.3 is 75.1 Å². The zero-order valence-electron chi connectivity index (χ0n) is 26.9. The van der Waals surface area contributed by atoms with Crippen molar-refractivity contribution in [2.45, 2.75) is 61.7 Å². The molecule has 11 N–H and O–H groups in total. The van der Waals surface area contributed by atoms with Crippen LogP contribution in [0.2, 0.25) is 0 Å². The van der Waals surface area contributed by atoms with E-state index in [9.17, 15) is 61.0 Å². The fourth-order valence-electron chi connectivity index (χ4n) is 6.91. The molecule has 1 fully saturated rings. The first-order valence-electron chi connectivity index (χ1n) is 16.1. The summed E-state index contributed by atoms with van der Waals surface area (Å²) in [6, 6.07) is 11.1. The van der Waals surface area contributed by atoms with E-state index in [1.54, 1.807) is 0 Å². The first-order chi connectivity index (χ1) is 24.7. The van der Waals surface area contributed by atoms with Crippen LogP contribution in [-0.2, 0) is 4.74 Å². The Morgan fingerprint density at radius 1 is 0.673 bits per heavy atom. The van der Waals surface area contributed by atoms with Crippen LogP contribution in [0.15, 0.2) is 54.6 Å². The fourth-order valence-corrected chi connectivity index (χ4v) is 6.91. The maximum Gasteiger partial charge on any atom is 0.229 e. The topological polar surface area (TPSA) is 277 Å². The van der Waals surface area contributed by atoms with Gasteiger partial charge in [-0.25, -0.2) is 0 Å². The molecule has 4 aromatic rings. The van der Waals surface area contributed by atoms with Gasteiger partial charge in [0.1, 0.15) is 76.7 Å². The van der Waals surface area contributed by atoms with E-state index in [-0.39, 0.29) is 52.3 Å². The molecule has 3 heterocycles. The van der Waals surface area contributed by atoms with Gasteiger partial charge in [-0.3, -0.25) is 4.79 Å². The van der Waals surface area contributed by atoms with Gasteiger partial charge >= 0.3 is 0 Å². The molecule has 16 heteroatoms. The molecule has 4 aromatic carbocycles. The number of ether oxygens (including phenoxy) is 4. The zero-order chi connectivity index (χ0) is 37.2. The molecule has 0 radical (unpaired) electrons. The first-order valence-corrected chi connectivity index (χ1v) is 16.1. The Balaban J connectivity index is 1.40. The third-order valence-corrected chi connectivity index (χ3v) is 9.53. The largest absolute Gasteiger partial charge is 0.508 e. The van der Waals surface area contributed by atoms with Crippen molar-refractivity contribution in [3.63, 3.8) is 0 Å². The van der Waals surface area contributed by atoms with Crippen molar-refractivity contribution in [3.8, 4) is 57.5 Å². The number of phenolic OH excluding ortho intramolecular Hbond substituents is 7. The summed E-state index contributed by atoms with van der Waals surface area (Å²) >= 11 is 0. The number of aliphatic hydroxyl groups excluding tert-OH is 4. The van der Waals surface area contributed by atoms with Crippen molar-refractivity contribution >= 4 is 5.78 Å². The van der Waals surface area contributed by atoms with E-state index in [2.05, 4.69) is 0 Å². The summed E-state index contributed by atoms with van der Waals surface area (Å²) in [5, 5.41) is 115. The van der Waals surface area contributed by atoms with Gasteiger partial charge in [-0.15, -0.1) is 0 Å². The Kier molecular flexibility index (Phi) is 8.80. The summed E-state index contributed by atoms with van der Waals surface area (Å²) in [6.07, 6.45) is -10.9. The van der Waals surface area contributed by atoms with Crippen LogP contribution < -0.4 is 14.2 Å². The number of carbonyl (C=O) groups excluding carboxylic acids is 1. The molecule has 3 aliphatic rings. The quantitative estimate of drug-likeness (QED) is 0.127. The first kappa shape index (κ1) is 34.8. The minimum atomic E-state index is -1.86. The molecule has 0 unspecified atom stereocenters. The summed E-state index contributed by atoms with van der Waals surface area (Å²) in [6.45, 7) is -0.755. The highest BCUT2D eigenvalue weighted by atomic mass is 16.7. The van der Waals surface area contributed by atoms with E-state index in [4.69, 9.17) is 18.9 Å². The van der Waals surface area contributed by atoms with E-state index in [0.717, 1.165) is 12.1 Å². The van der Waals surface area contributed by atoms with Crippen LogP contribution in [0.3, 0.4) is 0 Å². The SMILES string of the molecule is O=C1C[C@@H](c2ccc(O)c(O)c2)Oc2c1c(O)cc(O)c2[C@H]1C[C@H](c2ccc(O)c(O)c2)Oc2cc(O)cc(O[C@@H]3O[C@H](CO)[C@@H](O)[C@H](O)[C@H]3O)c21. The lowest BCUT2D eigenvalue weighted by Crippen LogP contribution is -2.60. The van der Waals surface area contributed by atoms with Gasteiger partial charge in [0, 0.05) is 41.7 Å². The van der Waals surface area contributed by atoms with E-state index in [0.29, 0.717) is 5.56 Å². The normalized spacial score (nSPS) is 26.8. The maximum absolute atomic E-state index is 13.6. The molecule has 7 rings (SSSR count). The van der Waals surface area contributed by atoms with Crippen LogP contribution in [0.25, 0.3) is 0 Å². The van der Waals surface area contributed by atoms with Crippen LogP contribution in [0.5, 0.6) is 57.5 Å². The van der Waals surface area contributed by atoms with Crippen molar-refractivity contribution < 1.29 is 79.9 Å². The number of hydrogen-bond acceptors (Lipinski definition) is 16. The average Bonchev–Trinajstić information content (AvgIpc) is 3.10. The second-order valence-electron chi connectivity index (χ2n) is 12.8. The number of phenols is 7. The molecule has 16 nitrogen and oxygen atoms in total. The predicted molar refractivity (Wildman–Crippen MR) is 174 cm³/mol. The van der Waals surface area contributed by atoms with Crippen molar-refractivity contribution in [2.75, 3.05) is 6.61 Å². The molecule has 8 atom stereocenters.